The Bertz CT molecular complexity index is 1110. The summed E-state index contributed by atoms with van der Waals surface area (Å²) >= 11 is 5.55. The number of ether oxygens (including phenoxy) is 1. The molecule has 0 aliphatic heterocycles. The first-order valence-corrected chi connectivity index (χ1v) is 10.6. The summed E-state index contributed by atoms with van der Waals surface area (Å²) in [6.07, 6.45) is 0. The molecule has 32 heavy (non-hydrogen) atoms. The lowest BCUT2D eigenvalue weighted by molar-refractivity contribution is 0.414. The third-order valence-electron chi connectivity index (χ3n) is 4.66. The Kier molecular flexibility index (Phi) is 7.72. The highest BCUT2D eigenvalue weighted by atomic mass is 32.1. The lowest BCUT2D eigenvalue weighted by atomic mass is 10.1. The number of hydrogen-bond acceptors (Lipinski definition) is 5. The summed E-state index contributed by atoms with van der Waals surface area (Å²) in [5, 5.41) is 9.97. The van der Waals surface area contributed by atoms with Gasteiger partial charge in [-0.1, -0.05) is 24.3 Å². The maximum Gasteiger partial charge on any atom is 0.229 e. The summed E-state index contributed by atoms with van der Waals surface area (Å²) < 4.78 is 5.22. The largest absolute Gasteiger partial charge is 0.497 e. The molecule has 166 valence electrons. The predicted octanol–water partition coefficient (Wildman–Crippen LogP) is 4.67. The molecule has 0 bridgehead atoms. The van der Waals surface area contributed by atoms with Gasteiger partial charge in [0.05, 0.1) is 13.7 Å². The van der Waals surface area contributed by atoms with E-state index in [-0.39, 0.29) is 0 Å². The Balaban J connectivity index is 1.79. The van der Waals surface area contributed by atoms with E-state index in [4.69, 9.17) is 17.0 Å². The first kappa shape index (κ1) is 23.1. The van der Waals surface area contributed by atoms with Crippen LogP contribution in [0, 0.1) is 27.7 Å². The molecule has 0 unspecified atom stereocenters. The average molecular weight is 449 g/mol. The van der Waals surface area contributed by atoms with Gasteiger partial charge in [0, 0.05) is 17.1 Å². The van der Waals surface area contributed by atoms with Gasteiger partial charge in [0.25, 0.3) is 0 Å². The second kappa shape index (κ2) is 10.7. The average Bonchev–Trinajstić information content (AvgIpc) is 2.74. The van der Waals surface area contributed by atoms with Crippen LogP contribution in [-0.4, -0.2) is 28.1 Å². The summed E-state index contributed by atoms with van der Waals surface area (Å²) in [5.74, 6) is 1.71. The Labute approximate surface area is 194 Å². The van der Waals surface area contributed by atoms with Crippen molar-refractivity contribution < 1.29 is 4.74 Å². The molecular formula is C24H28N6OS. The second-order valence-corrected chi connectivity index (χ2v) is 7.92. The Hall–Kier alpha value is -3.52. The highest BCUT2D eigenvalue weighted by molar-refractivity contribution is 7.80. The molecule has 0 spiro atoms. The van der Waals surface area contributed by atoms with Crippen molar-refractivity contribution in [3.05, 3.63) is 76.6 Å². The molecule has 0 fully saturated rings. The van der Waals surface area contributed by atoms with Crippen molar-refractivity contribution in [1.29, 1.82) is 0 Å². The fourth-order valence-electron chi connectivity index (χ4n) is 3.03. The van der Waals surface area contributed by atoms with Crippen molar-refractivity contribution in [3.63, 3.8) is 0 Å². The van der Waals surface area contributed by atoms with Crippen LogP contribution in [0.3, 0.4) is 0 Å². The molecule has 3 aromatic rings. The predicted molar refractivity (Wildman–Crippen MR) is 135 cm³/mol. The lowest BCUT2D eigenvalue weighted by Crippen LogP contribution is -2.39. The first-order chi connectivity index (χ1) is 15.3. The topological polar surface area (TPSA) is 83.5 Å². The number of thiocarbonyl (C=S) groups is 1. The highest BCUT2D eigenvalue weighted by Crippen LogP contribution is 2.16. The zero-order chi connectivity index (χ0) is 23.1. The molecule has 0 saturated heterocycles. The Morgan fingerprint density at radius 3 is 2.28 bits per heavy atom. The SMILES string of the molecule is COc1ccc(CN=C(NC(=S)Nc2cc(C)ccc2C)Nc2nc(C)cc(C)n2)cc1. The van der Waals surface area contributed by atoms with Crippen LogP contribution in [0.1, 0.15) is 28.1 Å². The third-order valence-corrected chi connectivity index (χ3v) is 4.87. The number of guanidine groups is 1. The van der Waals surface area contributed by atoms with E-state index in [1.54, 1.807) is 7.11 Å². The smallest absolute Gasteiger partial charge is 0.229 e. The van der Waals surface area contributed by atoms with E-state index in [0.29, 0.717) is 23.6 Å². The number of hydrogen-bond donors (Lipinski definition) is 3. The zero-order valence-electron chi connectivity index (χ0n) is 19.0. The minimum absolute atomic E-state index is 0.420. The zero-order valence-corrected chi connectivity index (χ0v) is 19.8. The standard InChI is InChI=1S/C24H28N6OS/c1-15-6-7-16(2)21(12-15)28-24(32)30-22(29-23-26-17(3)13-18(4)27-23)25-14-19-8-10-20(31-5)11-9-19/h6-13H,14H2,1-5H3,(H3,25,26,27,28,29,30,32). The summed E-state index contributed by atoms with van der Waals surface area (Å²) in [6.45, 7) is 8.37. The molecule has 0 aliphatic rings. The number of nitrogens with one attached hydrogen (secondary N) is 3. The van der Waals surface area contributed by atoms with Crippen LogP contribution in [0.2, 0.25) is 0 Å². The molecule has 3 rings (SSSR count). The van der Waals surface area contributed by atoms with Crippen molar-refractivity contribution in [2.24, 2.45) is 4.99 Å². The Morgan fingerprint density at radius 2 is 1.62 bits per heavy atom. The normalized spacial score (nSPS) is 11.1. The molecule has 0 radical (unpaired) electrons. The molecule has 1 heterocycles. The van der Waals surface area contributed by atoms with E-state index in [9.17, 15) is 0 Å². The van der Waals surface area contributed by atoms with Crippen molar-refractivity contribution in [1.82, 2.24) is 15.3 Å². The molecule has 3 N–H and O–H groups in total. The van der Waals surface area contributed by atoms with Gasteiger partial charge in [-0.3, -0.25) is 5.32 Å². The quantitative estimate of drug-likeness (QED) is 0.297. The van der Waals surface area contributed by atoms with Crippen molar-refractivity contribution in [2.75, 3.05) is 17.7 Å². The molecule has 0 aliphatic carbocycles. The van der Waals surface area contributed by atoms with Crippen LogP contribution >= 0.6 is 12.2 Å². The number of aromatic nitrogens is 2. The van der Waals surface area contributed by atoms with Crippen molar-refractivity contribution >= 4 is 34.9 Å². The number of aryl methyl sites for hydroxylation is 4. The molecule has 0 atom stereocenters. The van der Waals surface area contributed by atoms with E-state index in [2.05, 4.69) is 49.1 Å². The summed E-state index contributed by atoms with van der Waals surface area (Å²) in [7, 11) is 1.65. The minimum Gasteiger partial charge on any atom is -0.497 e. The maximum absolute atomic E-state index is 5.55. The van der Waals surface area contributed by atoms with Gasteiger partial charge in [0.15, 0.2) is 5.11 Å². The van der Waals surface area contributed by atoms with Gasteiger partial charge in [-0.25, -0.2) is 15.0 Å². The summed E-state index contributed by atoms with van der Waals surface area (Å²) in [4.78, 5) is 13.6. The van der Waals surface area contributed by atoms with Gasteiger partial charge in [0.1, 0.15) is 5.75 Å². The van der Waals surface area contributed by atoms with Crippen molar-refractivity contribution in [2.45, 2.75) is 34.2 Å². The molecule has 8 heteroatoms. The third kappa shape index (κ3) is 6.75. The highest BCUT2D eigenvalue weighted by Gasteiger charge is 2.09. The first-order valence-electron chi connectivity index (χ1n) is 10.2. The van der Waals surface area contributed by atoms with Crippen LogP contribution in [0.25, 0.3) is 0 Å². The summed E-state index contributed by atoms with van der Waals surface area (Å²) in [6, 6.07) is 15.9. The van der Waals surface area contributed by atoms with E-state index in [0.717, 1.165) is 39.5 Å². The number of methoxy groups -OCH3 is 1. The number of benzene rings is 2. The fraction of sp³-hybridized carbons (Fsp3) is 0.250. The molecule has 2 aromatic carbocycles. The molecule has 1 aromatic heterocycles. The van der Waals surface area contributed by atoms with Crippen LogP contribution in [0.5, 0.6) is 5.75 Å². The number of rotatable bonds is 5. The van der Waals surface area contributed by atoms with E-state index in [1.807, 2.05) is 58.0 Å². The van der Waals surface area contributed by atoms with E-state index < -0.39 is 0 Å². The summed E-state index contributed by atoms with van der Waals surface area (Å²) in [5.41, 5.74) is 5.95. The number of aliphatic imine (C=N–C) groups is 1. The molecule has 0 saturated carbocycles. The van der Waals surface area contributed by atoms with Crippen molar-refractivity contribution in [3.8, 4) is 5.75 Å². The Morgan fingerprint density at radius 1 is 0.938 bits per heavy atom. The van der Waals surface area contributed by atoms with Crippen LogP contribution in [0.4, 0.5) is 11.6 Å². The number of anilines is 2. The molecule has 7 nitrogen and oxygen atoms in total. The second-order valence-electron chi connectivity index (χ2n) is 7.51. The van der Waals surface area contributed by atoms with Gasteiger partial charge in [-0.15, -0.1) is 0 Å². The van der Waals surface area contributed by atoms with Gasteiger partial charge in [-0.05, 0) is 80.9 Å². The molecular weight excluding hydrogens is 420 g/mol. The minimum atomic E-state index is 0.420. The lowest BCUT2D eigenvalue weighted by Gasteiger charge is -2.16. The van der Waals surface area contributed by atoms with Crippen LogP contribution in [-0.2, 0) is 6.54 Å². The fourth-order valence-corrected chi connectivity index (χ4v) is 3.24. The molecule has 0 amide bonds. The van der Waals surface area contributed by atoms with Crippen LogP contribution < -0.4 is 20.7 Å². The van der Waals surface area contributed by atoms with E-state index >= 15 is 0 Å². The van der Waals surface area contributed by atoms with Crippen LogP contribution in [0.15, 0.2) is 53.5 Å². The van der Waals surface area contributed by atoms with Gasteiger partial charge in [0.2, 0.25) is 11.9 Å². The van der Waals surface area contributed by atoms with E-state index in [1.165, 1.54) is 0 Å². The maximum atomic E-state index is 5.55. The van der Waals surface area contributed by atoms with Gasteiger partial charge in [-0.2, -0.15) is 0 Å². The van der Waals surface area contributed by atoms with Gasteiger partial charge >= 0.3 is 0 Å². The monoisotopic (exact) mass is 448 g/mol. The van der Waals surface area contributed by atoms with Gasteiger partial charge < -0.3 is 15.4 Å². The number of nitrogens with zero attached hydrogens (tertiary/aromatic N) is 3.